The molecule has 0 aliphatic carbocycles. The van der Waals surface area contributed by atoms with Crippen LogP contribution in [0.3, 0.4) is 0 Å². The number of hydrogen-bond donors (Lipinski definition) is 2. The van der Waals surface area contributed by atoms with E-state index in [0.29, 0.717) is 11.1 Å². The maximum Gasteiger partial charge on any atom is 0.191 e. The second kappa shape index (κ2) is 9.91. The Labute approximate surface area is 186 Å². The molecule has 3 aromatic rings. The van der Waals surface area contributed by atoms with Crippen LogP contribution in [-0.4, -0.2) is 48.7 Å². The minimum absolute atomic E-state index is 0.304. The Kier molecular flexibility index (Phi) is 6.81. The van der Waals surface area contributed by atoms with E-state index in [9.17, 15) is 0 Å². The van der Waals surface area contributed by atoms with Gasteiger partial charge in [-0.2, -0.15) is 0 Å². The van der Waals surface area contributed by atoms with E-state index in [1.165, 1.54) is 0 Å². The molecule has 30 heavy (non-hydrogen) atoms. The van der Waals surface area contributed by atoms with Crippen LogP contribution in [0.2, 0.25) is 5.02 Å². The average molecular weight is 441 g/mol. The summed E-state index contributed by atoms with van der Waals surface area (Å²) in [6.07, 6.45) is 3.65. The quantitative estimate of drug-likeness (QED) is 0.450. The van der Waals surface area contributed by atoms with E-state index in [1.807, 2.05) is 30.3 Å². The highest BCUT2D eigenvalue weighted by atomic mass is 35.5. The number of benzene rings is 1. The van der Waals surface area contributed by atoms with E-state index < -0.39 is 0 Å². The smallest absolute Gasteiger partial charge is 0.191 e. The molecule has 2 aromatic heterocycles. The summed E-state index contributed by atoms with van der Waals surface area (Å²) in [4.78, 5) is 15.7. The van der Waals surface area contributed by atoms with Crippen molar-refractivity contribution in [3.63, 3.8) is 0 Å². The van der Waals surface area contributed by atoms with Crippen LogP contribution >= 0.6 is 22.9 Å². The zero-order valence-electron chi connectivity index (χ0n) is 16.9. The van der Waals surface area contributed by atoms with Gasteiger partial charge in [0.25, 0.3) is 0 Å². The lowest BCUT2D eigenvalue weighted by atomic mass is 10.2. The van der Waals surface area contributed by atoms with Crippen LogP contribution in [0, 0.1) is 0 Å². The molecule has 3 heterocycles. The first-order chi connectivity index (χ1) is 14.7. The Morgan fingerprint density at radius 1 is 1.27 bits per heavy atom. The molecule has 8 heteroatoms. The number of hydrogen-bond acceptors (Lipinski definition) is 5. The van der Waals surface area contributed by atoms with Gasteiger partial charge >= 0.3 is 0 Å². The molecular formula is C22H25ClN6S. The lowest BCUT2D eigenvalue weighted by molar-refractivity contribution is 0.647. The van der Waals surface area contributed by atoms with Gasteiger partial charge in [-0.3, -0.25) is 4.99 Å². The Bertz CT molecular complexity index is 990. The molecule has 4 rings (SSSR count). The van der Waals surface area contributed by atoms with E-state index in [-0.39, 0.29) is 0 Å². The number of pyridine rings is 1. The molecule has 0 radical (unpaired) electrons. The van der Waals surface area contributed by atoms with Gasteiger partial charge < -0.3 is 15.5 Å². The molecule has 0 saturated carbocycles. The van der Waals surface area contributed by atoms with Crippen LogP contribution in [-0.2, 0) is 6.42 Å². The molecule has 1 saturated heterocycles. The molecule has 6 nitrogen and oxygen atoms in total. The Balaban J connectivity index is 1.25. The van der Waals surface area contributed by atoms with Crippen LogP contribution in [0.25, 0.3) is 10.6 Å². The minimum atomic E-state index is 0.304. The fourth-order valence-electron chi connectivity index (χ4n) is 3.51. The molecule has 0 spiro atoms. The van der Waals surface area contributed by atoms with Crippen LogP contribution < -0.4 is 15.5 Å². The number of guanidine groups is 1. The largest absolute Gasteiger partial charge is 0.356 e. The van der Waals surface area contributed by atoms with Crippen molar-refractivity contribution in [3.8, 4) is 10.6 Å². The molecule has 1 atom stereocenters. The standard InChI is InChI=1S/C22H25ClN6S/c1-24-22(28-17-10-13-29(14-17)20-19(23)8-5-11-25-20)26-12-9-18-15-30-21(27-18)16-6-3-2-4-7-16/h2-8,11,15,17H,9-10,12-14H2,1H3,(H2,24,26,28). The lowest BCUT2D eigenvalue weighted by Gasteiger charge is -2.20. The SMILES string of the molecule is CN=C(NCCc1csc(-c2ccccc2)n1)NC1CCN(c2ncccc2Cl)C1. The number of halogens is 1. The maximum absolute atomic E-state index is 6.29. The molecule has 156 valence electrons. The van der Waals surface area contributed by atoms with Crippen molar-refractivity contribution in [2.75, 3.05) is 31.6 Å². The third-order valence-corrected chi connectivity index (χ3v) is 6.27. The van der Waals surface area contributed by atoms with Gasteiger partial charge in [-0.05, 0) is 18.6 Å². The number of nitrogens with one attached hydrogen (secondary N) is 2. The molecule has 1 unspecified atom stereocenters. The molecule has 1 aromatic carbocycles. The summed E-state index contributed by atoms with van der Waals surface area (Å²) in [6.45, 7) is 2.55. The molecule has 1 aliphatic rings. The topological polar surface area (TPSA) is 65.4 Å². The summed E-state index contributed by atoms with van der Waals surface area (Å²) in [5.74, 6) is 1.66. The van der Waals surface area contributed by atoms with Crippen LogP contribution in [0.4, 0.5) is 5.82 Å². The maximum atomic E-state index is 6.29. The fourth-order valence-corrected chi connectivity index (χ4v) is 4.61. The second-order valence-corrected chi connectivity index (χ2v) is 8.41. The predicted octanol–water partition coefficient (Wildman–Crippen LogP) is 3.84. The Morgan fingerprint density at radius 2 is 2.13 bits per heavy atom. The van der Waals surface area contributed by atoms with Crippen LogP contribution in [0.5, 0.6) is 0 Å². The van der Waals surface area contributed by atoms with Crippen molar-refractivity contribution >= 4 is 34.7 Å². The van der Waals surface area contributed by atoms with Crippen molar-refractivity contribution in [2.45, 2.75) is 18.9 Å². The summed E-state index contributed by atoms with van der Waals surface area (Å²) in [6, 6.07) is 14.3. The van der Waals surface area contributed by atoms with Crippen molar-refractivity contribution in [3.05, 3.63) is 64.8 Å². The number of aliphatic imine (C=N–C) groups is 1. The zero-order valence-corrected chi connectivity index (χ0v) is 18.5. The third-order valence-electron chi connectivity index (χ3n) is 5.04. The molecule has 0 bridgehead atoms. The second-order valence-electron chi connectivity index (χ2n) is 7.14. The van der Waals surface area contributed by atoms with Gasteiger partial charge in [0.2, 0.25) is 0 Å². The lowest BCUT2D eigenvalue weighted by Crippen LogP contribution is -2.45. The number of thiazole rings is 1. The van der Waals surface area contributed by atoms with Gasteiger partial charge in [0, 0.05) is 56.3 Å². The first-order valence-electron chi connectivity index (χ1n) is 10.1. The molecule has 1 aliphatic heterocycles. The predicted molar refractivity (Wildman–Crippen MR) is 126 cm³/mol. The zero-order chi connectivity index (χ0) is 20.8. The van der Waals surface area contributed by atoms with Crippen LogP contribution in [0.15, 0.2) is 59.0 Å². The first-order valence-corrected chi connectivity index (χ1v) is 11.3. The van der Waals surface area contributed by atoms with Crippen molar-refractivity contribution in [2.24, 2.45) is 4.99 Å². The summed E-state index contributed by atoms with van der Waals surface area (Å²) in [5.41, 5.74) is 2.26. The summed E-state index contributed by atoms with van der Waals surface area (Å²) < 4.78 is 0. The number of nitrogens with zero attached hydrogens (tertiary/aromatic N) is 4. The van der Waals surface area contributed by atoms with E-state index in [1.54, 1.807) is 24.6 Å². The summed E-state index contributed by atoms with van der Waals surface area (Å²) >= 11 is 7.97. The monoisotopic (exact) mass is 440 g/mol. The van der Waals surface area contributed by atoms with Gasteiger partial charge in [-0.25, -0.2) is 9.97 Å². The van der Waals surface area contributed by atoms with Gasteiger partial charge in [0.15, 0.2) is 5.96 Å². The molecule has 0 amide bonds. The van der Waals surface area contributed by atoms with Gasteiger partial charge in [-0.15, -0.1) is 11.3 Å². The van der Waals surface area contributed by atoms with E-state index in [4.69, 9.17) is 16.6 Å². The van der Waals surface area contributed by atoms with E-state index >= 15 is 0 Å². The fraction of sp³-hybridized carbons (Fsp3) is 0.318. The molecule has 2 N–H and O–H groups in total. The number of rotatable bonds is 6. The van der Waals surface area contributed by atoms with Crippen molar-refractivity contribution in [1.82, 2.24) is 20.6 Å². The van der Waals surface area contributed by atoms with Gasteiger partial charge in [-0.1, -0.05) is 41.9 Å². The minimum Gasteiger partial charge on any atom is -0.356 e. The van der Waals surface area contributed by atoms with Crippen LogP contribution in [0.1, 0.15) is 12.1 Å². The highest BCUT2D eigenvalue weighted by molar-refractivity contribution is 7.13. The van der Waals surface area contributed by atoms with E-state index in [2.05, 4.69) is 43.0 Å². The van der Waals surface area contributed by atoms with Gasteiger partial charge in [0.1, 0.15) is 10.8 Å². The number of anilines is 1. The Morgan fingerprint density at radius 3 is 2.93 bits per heavy atom. The highest BCUT2D eigenvalue weighted by Gasteiger charge is 2.25. The first kappa shape index (κ1) is 20.6. The third kappa shape index (κ3) is 5.09. The average Bonchev–Trinajstić information content (AvgIpc) is 3.44. The molecular weight excluding hydrogens is 416 g/mol. The van der Waals surface area contributed by atoms with Crippen molar-refractivity contribution < 1.29 is 0 Å². The van der Waals surface area contributed by atoms with Gasteiger partial charge in [0.05, 0.1) is 10.7 Å². The highest BCUT2D eigenvalue weighted by Crippen LogP contribution is 2.26. The normalized spacial score (nSPS) is 16.7. The summed E-state index contributed by atoms with van der Waals surface area (Å²) in [7, 11) is 1.80. The number of aromatic nitrogens is 2. The Hall–Kier alpha value is -2.64. The molecule has 1 fully saturated rings. The van der Waals surface area contributed by atoms with E-state index in [0.717, 1.165) is 60.5 Å². The van der Waals surface area contributed by atoms with Crippen molar-refractivity contribution in [1.29, 1.82) is 0 Å². The summed E-state index contributed by atoms with van der Waals surface area (Å²) in [5, 5.41) is 10.8.